The molecule has 2 heterocycles. The summed E-state index contributed by atoms with van der Waals surface area (Å²) in [5.74, 6) is -0.344. The van der Waals surface area contributed by atoms with Crippen LogP contribution in [0.4, 0.5) is 13.2 Å². The van der Waals surface area contributed by atoms with E-state index in [1.807, 2.05) is 0 Å². The molecule has 0 radical (unpaired) electrons. The quantitative estimate of drug-likeness (QED) is 0.756. The molecule has 1 aromatic heterocycles. The molecule has 5 nitrogen and oxygen atoms in total. The fraction of sp³-hybridized carbons (Fsp3) is 0.700. The van der Waals surface area contributed by atoms with E-state index in [1.165, 1.54) is 12.3 Å². The number of hydrogen-bond donors (Lipinski definition) is 1. The molecule has 1 aliphatic rings. The third-order valence-corrected chi connectivity index (χ3v) is 5.17. The zero-order valence-electron chi connectivity index (χ0n) is 17.0. The topological polar surface area (TPSA) is 54.5 Å². The van der Waals surface area contributed by atoms with Gasteiger partial charge < -0.3 is 15.0 Å². The number of halogens is 3. The highest BCUT2D eigenvalue weighted by Gasteiger charge is 2.37. The van der Waals surface area contributed by atoms with Crippen LogP contribution in [0.3, 0.4) is 0 Å². The summed E-state index contributed by atoms with van der Waals surface area (Å²) < 4.78 is 44.6. The standard InChI is InChI=1S/C20H30F3N3O2/c1-5-7-14-12-26(4)11-9-16(14)25-18(27)19(2,3)13-28-17-15(20(21,22)23)8-6-10-24-17/h6,8,10,14,16H,5,7,9,11-13H2,1-4H3,(H,25,27)/t14-,16-/m1/s1. The second-order valence-corrected chi connectivity index (χ2v) is 8.21. The van der Waals surface area contributed by atoms with Crippen molar-refractivity contribution in [1.82, 2.24) is 15.2 Å². The smallest absolute Gasteiger partial charge is 0.421 e. The molecular weight excluding hydrogens is 371 g/mol. The van der Waals surface area contributed by atoms with Gasteiger partial charge in [0.1, 0.15) is 12.2 Å². The Bertz CT molecular complexity index is 664. The lowest BCUT2D eigenvalue weighted by molar-refractivity contribution is -0.139. The highest BCUT2D eigenvalue weighted by atomic mass is 19.4. The predicted octanol–water partition coefficient (Wildman–Crippen LogP) is 3.74. The number of pyridine rings is 1. The Balaban J connectivity index is 2.01. The van der Waals surface area contributed by atoms with E-state index in [1.54, 1.807) is 13.8 Å². The maximum absolute atomic E-state index is 13.1. The van der Waals surface area contributed by atoms with E-state index in [4.69, 9.17) is 4.74 Å². The summed E-state index contributed by atoms with van der Waals surface area (Å²) in [4.78, 5) is 18.8. The van der Waals surface area contributed by atoms with E-state index in [-0.39, 0.29) is 18.6 Å². The maximum atomic E-state index is 13.1. The van der Waals surface area contributed by atoms with Crippen molar-refractivity contribution in [2.24, 2.45) is 11.3 Å². The molecule has 1 fully saturated rings. The van der Waals surface area contributed by atoms with E-state index in [0.29, 0.717) is 5.92 Å². The van der Waals surface area contributed by atoms with Crippen molar-refractivity contribution < 1.29 is 22.7 Å². The molecule has 0 bridgehead atoms. The largest absolute Gasteiger partial charge is 0.476 e. The minimum absolute atomic E-state index is 0.0727. The summed E-state index contributed by atoms with van der Waals surface area (Å²) in [6, 6.07) is 2.20. The van der Waals surface area contributed by atoms with Crippen LogP contribution >= 0.6 is 0 Å². The number of rotatable bonds is 7. The van der Waals surface area contributed by atoms with Crippen molar-refractivity contribution in [2.45, 2.75) is 52.3 Å². The first kappa shape index (κ1) is 22.5. The van der Waals surface area contributed by atoms with Crippen LogP contribution < -0.4 is 10.1 Å². The number of nitrogens with one attached hydrogen (secondary N) is 1. The van der Waals surface area contributed by atoms with Crippen molar-refractivity contribution >= 4 is 5.91 Å². The Morgan fingerprint density at radius 3 is 2.75 bits per heavy atom. The Hall–Kier alpha value is -1.83. The normalized spacial score (nSPS) is 21.4. The van der Waals surface area contributed by atoms with Crippen LogP contribution in [-0.4, -0.2) is 48.6 Å². The molecule has 2 rings (SSSR count). The number of carbonyl (C=O) groups excluding carboxylic acids is 1. The molecule has 0 aliphatic carbocycles. The van der Waals surface area contributed by atoms with Gasteiger partial charge in [0.15, 0.2) is 0 Å². The third kappa shape index (κ3) is 5.83. The molecular formula is C20H30F3N3O2. The van der Waals surface area contributed by atoms with Gasteiger partial charge in [-0.15, -0.1) is 0 Å². The Morgan fingerprint density at radius 2 is 2.11 bits per heavy atom. The van der Waals surface area contributed by atoms with E-state index in [0.717, 1.165) is 38.4 Å². The molecule has 1 aromatic rings. The third-order valence-electron chi connectivity index (χ3n) is 5.17. The minimum atomic E-state index is -4.56. The van der Waals surface area contributed by atoms with Crippen LogP contribution in [0.5, 0.6) is 5.88 Å². The Kier molecular flexibility index (Phi) is 7.31. The number of piperidine rings is 1. The van der Waals surface area contributed by atoms with Crippen LogP contribution in [0.1, 0.15) is 45.6 Å². The number of alkyl halides is 3. The first-order valence-electron chi connectivity index (χ1n) is 9.69. The summed E-state index contributed by atoms with van der Waals surface area (Å²) in [7, 11) is 2.07. The van der Waals surface area contributed by atoms with Gasteiger partial charge in [0.25, 0.3) is 0 Å². The monoisotopic (exact) mass is 401 g/mol. The SMILES string of the molecule is CCC[C@@H]1CN(C)CC[C@H]1NC(=O)C(C)(C)COc1ncccc1C(F)(F)F. The van der Waals surface area contributed by atoms with Crippen molar-refractivity contribution in [3.63, 3.8) is 0 Å². The molecule has 28 heavy (non-hydrogen) atoms. The fourth-order valence-corrected chi connectivity index (χ4v) is 3.47. The van der Waals surface area contributed by atoms with Gasteiger partial charge in [0.05, 0.1) is 5.41 Å². The predicted molar refractivity (Wildman–Crippen MR) is 101 cm³/mol. The molecule has 8 heteroatoms. The van der Waals surface area contributed by atoms with Crippen LogP contribution in [0, 0.1) is 11.3 Å². The van der Waals surface area contributed by atoms with E-state index >= 15 is 0 Å². The van der Waals surface area contributed by atoms with Gasteiger partial charge in [-0.05, 0) is 58.3 Å². The molecule has 1 amide bonds. The van der Waals surface area contributed by atoms with Crippen LogP contribution in [0.2, 0.25) is 0 Å². The number of aromatic nitrogens is 1. The van der Waals surface area contributed by atoms with Gasteiger partial charge >= 0.3 is 6.18 Å². The molecule has 158 valence electrons. The van der Waals surface area contributed by atoms with Crippen LogP contribution in [0.25, 0.3) is 0 Å². The van der Waals surface area contributed by atoms with Gasteiger partial charge in [-0.3, -0.25) is 4.79 Å². The fourth-order valence-electron chi connectivity index (χ4n) is 3.47. The highest BCUT2D eigenvalue weighted by molar-refractivity contribution is 5.82. The van der Waals surface area contributed by atoms with Gasteiger partial charge in [0.2, 0.25) is 11.8 Å². The maximum Gasteiger partial charge on any atom is 0.421 e. The summed E-state index contributed by atoms with van der Waals surface area (Å²) in [5, 5.41) is 3.11. The van der Waals surface area contributed by atoms with E-state index < -0.39 is 23.0 Å². The second kappa shape index (κ2) is 9.11. The average molecular weight is 401 g/mol. The summed E-state index contributed by atoms with van der Waals surface area (Å²) in [6.07, 6.45) is -0.391. The van der Waals surface area contributed by atoms with Crippen molar-refractivity contribution in [3.8, 4) is 5.88 Å². The highest BCUT2D eigenvalue weighted by Crippen LogP contribution is 2.35. The molecule has 1 saturated heterocycles. The number of nitrogens with zero attached hydrogens (tertiary/aromatic N) is 2. The van der Waals surface area contributed by atoms with Crippen molar-refractivity contribution in [1.29, 1.82) is 0 Å². The summed E-state index contributed by atoms with van der Waals surface area (Å²) in [6.45, 7) is 7.11. The molecule has 1 N–H and O–H groups in total. The molecule has 1 aliphatic heterocycles. The lowest BCUT2D eigenvalue weighted by Crippen LogP contribution is -2.53. The number of amides is 1. The number of likely N-dealkylation sites (tertiary alicyclic amines) is 1. The Labute approximate surface area is 164 Å². The molecule has 0 aromatic carbocycles. The minimum Gasteiger partial charge on any atom is -0.476 e. The Morgan fingerprint density at radius 1 is 1.39 bits per heavy atom. The summed E-state index contributed by atoms with van der Waals surface area (Å²) >= 11 is 0. The van der Waals surface area contributed by atoms with Gasteiger partial charge in [-0.2, -0.15) is 13.2 Å². The number of carbonyl (C=O) groups is 1. The van der Waals surface area contributed by atoms with Crippen LogP contribution in [0.15, 0.2) is 18.3 Å². The molecule has 0 spiro atoms. The van der Waals surface area contributed by atoms with Crippen molar-refractivity contribution in [3.05, 3.63) is 23.9 Å². The van der Waals surface area contributed by atoms with Gasteiger partial charge in [-0.25, -0.2) is 4.98 Å². The summed E-state index contributed by atoms with van der Waals surface area (Å²) in [5.41, 5.74) is -1.93. The lowest BCUT2D eigenvalue weighted by atomic mass is 9.86. The first-order chi connectivity index (χ1) is 13.0. The zero-order chi connectivity index (χ0) is 20.9. The van der Waals surface area contributed by atoms with Crippen molar-refractivity contribution in [2.75, 3.05) is 26.7 Å². The number of hydrogen-bond acceptors (Lipinski definition) is 4. The van der Waals surface area contributed by atoms with Gasteiger partial charge in [0, 0.05) is 18.8 Å². The first-order valence-corrected chi connectivity index (χ1v) is 9.69. The van der Waals surface area contributed by atoms with Crippen LogP contribution in [-0.2, 0) is 11.0 Å². The second-order valence-electron chi connectivity index (χ2n) is 8.21. The van der Waals surface area contributed by atoms with E-state index in [9.17, 15) is 18.0 Å². The molecule has 2 atom stereocenters. The zero-order valence-corrected chi connectivity index (χ0v) is 17.0. The molecule has 0 unspecified atom stereocenters. The number of ether oxygens (including phenoxy) is 1. The van der Waals surface area contributed by atoms with Gasteiger partial charge in [-0.1, -0.05) is 13.3 Å². The molecule has 0 saturated carbocycles. The lowest BCUT2D eigenvalue weighted by Gasteiger charge is -2.38. The van der Waals surface area contributed by atoms with E-state index in [2.05, 4.69) is 29.2 Å². The average Bonchev–Trinajstić information content (AvgIpc) is 2.62.